The van der Waals surface area contributed by atoms with Crippen LogP contribution in [0.2, 0.25) is 0 Å². The Bertz CT molecular complexity index is 834. The zero-order valence-electron chi connectivity index (χ0n) is 12.0. The molecule has 0 fully saturated rings. The second-order valence-electron chi connectivity index (χ2n) is 5.44. The Morgan fingerprint density at radius 1 is 1.23 bits per heavy atom. The van der Waals surface area contributed by atoms with E-state index in [-0.39, 0.29) is 0 Å². The van der Waals surface area contributed by atoms with Crippen LogP contribution in [0.5, 0.6) is 0 Å². The normalized spacial score (nSPS) is 16.1. The molecule has 1 aliphatic heterocycles. The van der Waals surface area contributed by atoms with Gasteiger partial charge in [-0.2, -0.15) is 0 Å². The summed E-state index contributed by atoms with van der Waals surface area (Å²) in [7, 11) is 0. The van der Waals surface area contributed by atoms with Crippen molar-refractivity contribution in [2.24, 2.45) is 4.99 Å². The number of amidine groups is 1. The number of aliphatic hydroxyl groups is 1. The molecule has 22 heavy (non-hydrogen) atoms. The van der Waals surface area contributed by atoms with Crippen LogP contribution in [0, 0.1) is 0 Å². The third kappa shape index (κ3) is 2.25. The van der Waals surface area contributed by atoms with E-state index in [1.165, 1.54) is 10.8 Å². The van der Waals surface area contributed by atoms with E-state index in [1.54, 1.807) is 12.5 Å². The molecule has 3 aromatic rings. The van der Waals surface area contributed by atoms with E-state index in [2.05, 4.69) is 39.6 Å². The van der Waals surface area contributed by atoms with Gasteiger partial charge < -0.3 is 15.0 Å². The summed E-state index contributed by atoms with van der Waals surface area (Å²) in [5.41, 5.74) is 2.18. The highest BCUT2D eigenvalue weighted by molar-refractivity contribution is 6.25. The van der Waals surface area contributed by atoms with Crippen molar-refractivity contribution in [3.05, 3.63) is 60.7 Å². The van der Waals surface area contributed by atoms with Crippen molar-refractivity contribution in [2.75, 3.05) is 11.9 Å². The average Bonchev–Trinajstić information content (AvgIpc) is 3.15. The molecule has 0 saturated heterocycles. The van der Waals surface area contributed by atoms with Gasteiger partial charge in [0.05, 0.1) is 25.5 Å². The first kappa shape index (κ1) is 13.0. The minimum Gasteiger partial charge on any atom is -0.389 e. The van der Waals surface area contributed by atoms with Gasteiger partial charge >= 0.3 is 0 Å². The summed E-state index contributed by atoms with van der Waals surface area (Å²) in [5.74, 6) is 0.830. The molecule has 4 rings (SSSR count). The third-order valence-corrected chi connectivity index (χ3v) is 3.85. The Hall–Kier alpha value is -2.66. The van der Waals surface area contributed by atoms with Gasteiger partial charge in [0.25, 0.3) is 0 Å². The molecule has 0 amide bonds. The van der Waals surface area contributed by atoms with Crippen molar-refractivity contribution in [3.63, 3.8) is 0 Å². The minimum atomic E-state index is -0.536. The van der Waals surface area contributed by atoms with E-state index in [9.17, 15) is 5.11 Å². The summed E-state index contributed by atoms with van der Waals surface area (Å²) in [6.45, 7) is 0.846. The lowest BCUT2D eigenvalue weighted by Gasteiger charge is -2.09. The lowest BCUT2D eigenvalue weighted by Crippen LogP contribution is -2.20. The molecule has 5 heteroatoms. The minimum absolute atomic E-state index is 0.352. The first-order valence-electron chi connectivity index (χ1n) is 7.28. The van der Waals surface area contributed by atoms with Gasteiger partial charge in [-0.1, -0.05) is 30.3 Å². The van der Waals surface area contributed by atoms with E-state index in [1.807, 2.05) is 22.9 Å². The SMILES string of the molecule is OC(CN=C1Nc2cccc3cccc1c23)Cn1ccnc1. The fraction of sp³-hybridized carbons (Fsp3) is 0.176. The molecule has 0 aliphatic carbocycles. The molecule has 0 saturated carbocycles. The van der Waals surface area contributed by atoms with Crippen LogP contribution in [0.4, 0.5) is 5.69 Å². The molecule has 110 valence electrons. The van der Waals surface area contributed by atoms with Crippen LogP contribution in [0.15, 0.2) is 60.1 Å². The molecule has 2 aromatic carbocycles. The Morgan fingerprint density at radius 3 is 2.91 bits per heavy atom. The Morgan fingerprint density at radius 2 is 2.09 bits per heavy atom. The molecule has 0 bridgehead atoms. The number of hydrogen-bond donors (Lipinski definition) is 2. The molecule has 1 atom stereocenters. The number of aromatic nitrogens is 2. The van der Waals surface area contributed by atoms with Crippen LogP contribution in [0.1, 0.15) is 5.56 Å². The van der Waals surface area contributed by atoms with Gasteiger partial charge in [-0.3, -0.25) is 4.99 Å². The van der Waals surface area contributed by atoms with Crippen molar-refractivity contribution in [1.82, 2.24) is 9.55 Å². The summed E-state index contributed by atoms with van der Waals surface area (Å²) in [6.07, 6.45) is 4.70. The monoisotopic (exact) mass is 292 g/mol. The highest BCUT2D eigenvalue weighted by atomic mass is 16.3. The maximum absolute atomic E-state index is 10.1. The van der Waals surface area contributed by atoms with E-state index in [0.717, 1.165) is 17.1 Å². The van der Waals surface area contributed by atoms with Crippen LogP contribution in [0.3, 0.4) is 0 Å². The predicted octanol–water partition coefficient (Wildman–Crippen LogP) is 2.27. The number of hydrogen-bond acceptors (Lipinski definition) is 3. The Kier molecular flexibility index (Phi) is 3.12. The van der Waals surface area contributed by atoms with Crippen LogP contribution in [-0.2, 0) is 6.54 Å². The summed E-state index contributed by atoms with van der Waals surface area (Å²) in [4.78, 5) is 8.53. The number of benzene rings is 2. The van der Waals surface area contributed by atoms with E-state index < -0.39 is 6.10 Å². The van der Waals surface area contributed by atoms with Crippen molar-refractivity contribution in [3.8, 4) is 0 Å². The van der Waals surface area contributed by atoms with Crippen molar-refractivity contribution in [1.29, 1.82) is 0 Å². The molecule has 1 aromatic heterocycles. The highest BCUT2D eigenvalue weighted by Crippen LogP contribution is 2.32. The standard InChI is InChI=1S/C17H16N4O/c22-13(10-21-8-7-18-11-21)9-19-17-14-5-1-3-12-4-2-6-15(20-17)16(12)14/h1-8,11,13,22H,9-10H2,(H,19,20). The fourth-order valence-electron chi connectivity index (χ4n) is 2.85. The molecule has 1 aliphatic rings. The predicted molar refractivity (Wildman–Crippen MR) is 87.2 cm³/mol. The number of aliphatic imine (C=N–C) groups is 1. The quantitative estimate of drug-likeness (QED) is 0.775. The van der Waals surface area contributed by atoms with Crippen LogP contribution in [0.25, 0.3) is 10.8 Å². The third-order valence-electron chi connectivity index (χ3n) is 3.85. The summed E-state index contributed by atoms with van der Waals surface area (Å²) in [6, 6.07) is 12.4. The summed E-state index contributed by atoms with van der Waals surface area (Å²) < 4.78 is 1.85. The first-order chi connectivity index (χ1) is 10.8. The zero-order valence-corrected chi connectivity index (χ0v) is 12.0. The number of rotatable bonds is 4. The van der Waals surface area contributed by atoms with Crippen molar-refractivity contribution >= 4 is 22.3 Å². The molecule has 1 unspecified atom stereocenters. The molecule has 2 heterocycles. The zero-order chi connectivity index (χ0) is 14.9. The second-order valence-corrected chi connectivity index (χ2v) is 5.44. The van der Waals surface area contributed by atoms with Crippen molar-refractivity contribution in [2.45, 2.75) is 12.6 Å². The topological polar surface area (TPSA) is 62.4 Å². The molecule has 2 N–H and O–H groups in total. The molecule has 5 nitrogen and oxygen atoms in total. The second kappa shape index (κ2) is 5.27. The molecule has 0 radical (unpaired) electrons. The van der Waals surface area contributed by atoms with Gasteiger partial charge in [-0.15, -0.1) is 0 Å². The molecular formula is C17H16N4O. The first-order valence-corrected chi connectivity index (χ1v) is 7.28. The lowest BCUT2D eigenvalue weighted by molar-refractivity contribution is 0.162. The van der Waals surface area contributed by atoms with Crippen molar-refractivity contribution < 1.29 is 5.11 Å². The summed E-state index contributed by atoms with van der Waals surface area (Å²) in [5, 5.41) is 15.9. The largest absolute Gasteiger partial charge is 0.389 e. The van der Waals surface area contributed by atoms with Gasteiger partial charge in [-0.05, 0) is 11.5 Å². The maximum atomic E-state index is 10.1. The number of anilines is 1. The number of imidazole rings is 1. The van der Waals surface area contributed by atoms with Gasteiger partial charge in [-0.25, -0.2) is 4.98 Å². The van der Waals surface area contributed by atoms with Gasteiger partial charge in [0.2, 0.25) is 0 Å². The molecule has 0 spiro atoms. The van der Waals surface area contributed by atoms with Crippen LogP contribution >= 0.6 is 0 Å². The Labute approximate surface area is 128 Å². The van der Waals surface area contributed by atoms with E-state index in [4.69, 9.17) is 0 Å². The Balaban J connectivity index is 1.56. The summed E-state index contributed by atoms with van der Waals surface area (Å²) >= 11 is 0. The molecular weight excluding hydrogens is 276 g/mol. The number of nitrogens with zero attached hydrogens (tertiary/aromatic N) is 3. The average molecular weight is 292 g/mol. The van der Waals surface area contributed by atoms with Gasteiger partial charge in [0.1, 0.15) is 5.84 Å². The smallest absolute Gasteiger partial charge is 0.133 e. The van der Waals surface area contributed by atoms with Crippen LogP contribution < -0.4 is 5.32 Å². The highest BCUT2D eigenvalue weighted by Gasteiger charge is 2.19. The maximum Gasteiger partial charge on any atom is 0.133 e. The van der Waals surface area contributed by atoms with Gasteiger partial charge in [0, 0.05) is 29.0 Å². The fourth-order valence-corrected chi connectivity index (χ4v) is 2.85. The van der Waals surface area contributed by atoms with Gasteiger partial charge in [0.15, 0.2) is 0 Å². The van der Waals surface area contributed by atoms with E-state index in [0.29, 0.717) is 13.1 Å². The number of aliphatic hydroxyl groups excluding tert-OH is 1. The van der Waals surface area contributed by atoms with Crippen LogP contribution in [-0.4, -0.2) is 33.1 Å². The lowest BCUT2D eigenvalue weighted by atomic mass is 10.1. The number of nitrogens with one attached hydrogen (secondary N) is 1. The van der Waals surface area contributed by atoms with E-state index >= 15 is 0 Å².